The van der Waals surface area contributed by atoms with E-state index in [1.165, 1.54) is 0 Å². The van der Waals surface area contributed by atoms with Crippen LogP contribution in [0.5, 0.6) is 0 Å². The highest BCUT2D eigenvalue weighted by Crippen LogP contribution is 2.48. The summed E-state index contributed by atoms with van der Waals surface area (Å²) in [6.45, 7) is 13.1. The van der Waals surface area contributed by atoms with Gasteiger partial charge < -0.3 is 14.4 Å². The summed E-state index contributed by atoms with van der Waals surface area (Å²) in [6, 6.07) is 10.9. The molecule has 2 N–H and O–H groups in total. The maximum atomic E-state index is 12.6. The average molecular weight is 746 g/mol. The van der Waals surface area contributed by atoms with E-state index in [0.29, 0.717) is 37.1 Å². The van der Waals surface area contributed by atoms with Crippen molar-refractivity contribution in [2.24, 2.45) is 0 Å². The van der Waals surface area contributed by atoms with Crippen molar-refractivity contribution >= 4 is 49.3 Å². The highest BCUT2D eigenvalue weighted by atomic mass is 32.2. The zero-order valence-electron chi connectivity index (χ0n) is 30.1. The fourth-order valence-electron chi connectivity index (χ4n) is 6.85. The predicted molar refractivity (Wildman–Crippen MR) is 197 cm³/mol. The summed E-state index contributed by atoms with van der Waals surface area (Å²) in [7, 11) is -8.20. The lowest BCUT2D eigenvalue weighted by Gasteiger charge is -2.27. The Labute approximate surface area is 301 Å². The molecule has 2 aromatic rings. The summed E-state index contributed by atoms with van der Waals surface area (Å²) < 4.78 is 76.7. The van der Waals surface area contributed by atoms with Gasteiger partial charge in [0.05, 0.1) is 41.3 Å². The molecule has 4 rings (SSSR count). The number of anilines is 1. The Morgan fingerprint density at radius 3 is 1.90 bits per heavy atom. The van der Waals surface area contributed by atoms with Gasteiger partial charge in [0.1, 0.15) is 6.54 Å². The first-order chi connectivity index (χ1) is 23.8. The summed E-state index contributed by atoms with van der Waals surface area (Å²) in [5.41, 5.74) is 5.16. The van der Waals surface area contributed by atoms with Gasteiger partial charge in [-0.05, 0) is 88.9 Å². The lowest BCUT2D eigenvalue weighted by Crippen LogP contribution is -2.28. The number of ether oxygens (including phenoxy) is 2. The van der Waals surface area contributed by atoms with Crippen molar-refractivity contribution in [3.8, 4) is 0 Å². The minimum atomic E-state index is -4.10. The van der Waals surface area contributed by atoms with Gasteiger partial charge in [0, 0.05) is 47.5 Å². The Morgan fingerprint density at radius 2 is 1.33 bits per heavy atom. The van der Waals surface area contributed by atoms with E-state index < -0.39 is 43.0 Å². The number of hydrogen-bond donors (Lipinski definition) is 2. The molecule has 0 unspecified atom stereocenters. The molecule has 0 bridgehead atoms. The molecule has 2 heterocycles. The molecule has 2 aromatic carbocycles. The number of unbranched alkanes of at least 4 members (excludes halogenated alkanes) is 2. The third kappa shape index (κ3) is 9.34. The van der Waals surface area contributed by atoms with E-state index in [4.69, 9.17) is 9.47 Å². The van der Waals surface area contributed by atoms with E-state index in [9.17, 15) is 35.5 Å². The van der Waals surface area contributed by atoms with E-state index in [1.54, 1.807) is 26.0 Å². The molecule has 14 heteroatoms. The number of fused-ring (bicyclic) bond motifs is 2. The van der Waals surface area contributed by atoms with Gasteiger partial charge in [0.15, 0.2) is 5.71 Å². The highest BCUT2D eigenvalue weighted by Gasteiger charge is 2.45. The lowest BCUT2D eigenvalue weighted by molar-refractivity contribution is -0.438. The van der Waals surface area contributed by atoms with Gasteiger partial charge in [0.25, 0.3) is 20.2 Å². The van der Waals surface area contributed by atoms with Crippen LogP contribution >= 0.6 is 0 Å². The smallest absolute Gasteiger partial charge is 0.338 e. The lowest BCUT2D eigenvalue weighted by atomic mass is 9.80. The fraction of sp³-hybridized carbons (Fsp3) is 0.486. The van der Waals surface area contributed by atoms with Crippen molar-refractivity contribution in [2.45, 2.75) is 78.1 Å². The first-order valence-corrected chi connectivity index (χ1v) is 20.4. The van der Waals surface area contributed by atoms with Crippen LogP contribution in [-0.2, 0) is 40.5 Å². The minimum Gasteiger partial charge on any atom is -0.462 e. The normalized spacial score (nSPS) is 17.3. The molecule has 0 fully saturated rings. The number of benzene rings is 2. The van der Waals surface area contributed by atoms with Gasteiger partial charge >= 0.3 is 11.9 Å². The first-order valence-electron chi connectivity index (χ1n) is 17.2. The summed E-state index contributed by atoms with van der Waals surface area (Å²) in [5, 5.41) is 0. The molecule has 0 radical (unpaired) electrons. The Kier molecular flexibility index (Phi) is 12.4. The molecule has 0 spiro atoms. The second-order valence-electron chi connectivity index (χ2n) is 13.7. The molecule has 12 nitrogen and oxygen atoms in total. The van der Waals surface area contributed by atoms with E-state index >= 15 is 0 Å². The molecule has 2 aliphatic rings. The minimum absolute atomic E-state index is 0.246. The van der Waals surface area contributed by atoms with Gasteiger partial charge in [-0.3, -0.25) is 9.11 Å². The van der Waals surface area contributed by atoms with Crippen molar-refractivity contribution in [3.63, 3.8) is 0 Å². The van der Waals surface area contributed by atoms with Crippen molar-refractivity contribution in [1.82, 2.24) is 0 Å². The number of carbonyl (C=O) groups excluding carboxylic acids is 2. The maximum absolute atomic E-state index is 12.6. The van der Waals surface area contributed by atoms with E-state index in [0.717, 1.165) is 33.9 Å². The molecule has 0 saturated heterocycles. The van der Waals surface area contributed by atoms with Crippen LogP contribution in [-0.4, -0.2) is 86.0 Å². The Bertz CT molecular complexity index is 1980. The van der Waals surface area contributed by atoms with Gasteiger partial charge in [-0.2, -0.15) is 21.4 Å². The van der Waals surface area contributed by atoms with Gasteiger partial charge in [0.2, 0.25) is 5.69 Å². The maximum Gasteiger partial charge on any atom is 0.338 e. The summed E-state index contributed by atoms with van der Waals surface area (Å²) >= 11 is 0. The third-order valence-electron chi connectivity index (χ3n) is 9.38. The summed E-state index contributed by atoms with van der Waals surface area (Å²) in [4.78, 5) is 27.4. The molecule has 0 amide bonds. The SMILES string of the molecule is CCOC(=O)c1ccc2c(c1)C(C)(C)C(/C=C/C=C1/N(CCCCS(=O)(=O)O)c3ccc(C(=O)OCC)cc3C1(C)C)=[N+]2CCCCS(=O)(=O)O. The van der Waals surface area contributed by atoms with Crippen molar-refractivity contribution in [1.29, 1.82) is 0 Å². The van der Waals surface area contributed by atoms with E-state index in [1.807, 2.05) is 42.5 Å². The van der Waals surface area contributed by atoms with Gasteiger partial charge in [-0.25, -0.2) is 9.59 Å². The van der Waals surface area contributed by atoms with Crippen LogP contribution in [0.15, 0.2) is 60.3 Å². The zero-order chi connectivity index (χ0) is 37.8. The van der Waals surface area contributed by atoms with Crippen LogP contribution < -0.4 is 4.90 Å². The summed E-state index contributed by atoms with van der Waals surface area (Å²) in [5.74, 6) is -1.53. The highest BCUT2D eigenvalue weighted by molar-refractivity contribution is 7.86. The number of esters is 2. The number of carbonyl (C=O) groups is 2. The van der Waals surface area contributed by atoms with Crippen molar-refractivity contribution < 1.29 is 49.6 Å². The van der Waals surface area contributed by atoms with Crippen LogP contribution in [0.4, 0.5) is 11.4 Å². The molecule has 2 aliphatic heterocycles. The number of rotatable bonds is 16. The largest absolute Gasteiger partial charge is 0.462 e. The van der Waals surface area contributed by atoms with Crippen LogP contribution in [0, 0.1) is 0 Å². The molecular formula is C37H49N2O10S2+. The standard InChI is InChI=1S/C37H48N2O10S2/c1-7-48-34(40)26-16-18-30-28(24-26)36(3,4)32(38(30)20-9-11-22-50(42,43)44)14-13-15-33-37(5,6)29-25-27(35(41)49-8-2)17-19-31(29)39(33)21-10-12-23-51(45,46)47/h13-19,24-25H,7-12,20-23H2,1-6H3,(H-,42,43,44,45,46,47)/p+1. The molecular weight excluding hydrogens is 697 g/mol. The fourth-order valence-corrected chi connectivity index (χ4v) is 7.99. The molecule has 278 valence electrons. The van der Waals surface area contributed by atoms with Crippen LogP contribution in [0.1, 0.15) is 99.1 Å². The third-order valence-corrected chi connectivity index (χ3v) is 11.0. The monoisotopic (exact) mass is 745 g/mol. The molecule has 0 saturated carbocycles. The number of hydrogen-bond acceptors (Lipinski definition) is 9. The zero-order valence-corrected chi connectivity index (χ0v) is 31.8. The van der Waals surface area contributed by atoms with Crippen LogP contribution in [0.3, 0.4) is 0 Å². The van der Waals surface area contributed by atoms with E-state index in [2.05, 4.69) is 37.2 Å². The van der Waals surface area contributed by atoms with E-state index in [-0.39, 0.29) is 37.6 Å². The Hall–Kier alpha value is -3.85. The quantitative estimate of drug-likeness (QED) is 0.0897. The van der Waals surface area contributed by atoms with Gasteiger partial charge in [-0.1, -0.05) is 19.9 Å². The number of allylic oxidation sites excluding steroid dienone is 4. The Balaban J connectivity index is 1.76. The predicted octanol–water partition coefficient (Wildman–Crippen LogP) is 5.99. The average Bonchev–Trinajstić information content (AvgIpc) is 3.38. The van der Waals surface area contributed by atoms with Crippen molar-refractivity contribution in [3.05, 3.63) is 82.6 Å². The second kappa shape index (κ2) is 15.8. The molecule has 0 aromatic heterocycles. The van der Waals surface area contributed by atoms with Crippen LogP contribution in [0.25, 0.3) is 0 Å². The topological polar surface area (TPSA) is 168 Å². The van der Waals surface area contributed by atoms with Gasteiger partial charge in [-0.15, -0.1) is 0 Å². The molecule has 0 aliphatic carbocycles. The number of nitrogens with zero attached hydrogens (tertiary/aromatic N) is 2. The first kappa shape index (κ1) is 39.9. The molecule has 0 atom stereocenters. The van der Waals surface area contributed by atoms with Crippen molar-refractivity contribution in [2.75, 3.05) is 42.7 Å². The second-order valence-corrected chi connectivity index (χ2v) is 16.9. The Morgan fingerprint density at radius 1 is 0.784 bits per heavy atom. The molecule has 51 heavy (non-hydrogen) atoms. The summed E-state index contributed by atoms with van der Waals surface area (Å²) in [6.07, 6.45) is 7.44. The van der Waals surface area contributed by atoms with Crippen LogP contribution in [0.2, 0.25) is 0 Å².